The summed E-state index contributed by atoms with van der Waals surface area (Å²) in [4.78, 5) is 41.3. The van der Waals surface area contributed by atoms with Gasteiger partial charge in [0.2, 0.25) is 0 Å². The van der Waals surface area contributed by atoms with Gasteiger partial charge in [0.25, 0.3) is 0 Å². The fraction of sp³-hybridized carbons (Fsp3) is 0.130. The van der Waals surface area contributed by atoms with Gasteiger partial charge < -0.3 is 9.80 Å². The third-order valence-electron chi connectivity index (χ3n) is 9.37. The average molecular weight is 715 g/mol. The molecule has 8 heteroatoms. The van der Waals surface area contributed by atoms with Gasteiger partial charge in [-0.25, -0.2) is 19.4 Å². The predicted molar refractivity (Wildman–Crippen MR) is 225 cm³/mol. The molecule has 0 aliphatic rings. The number of anilines is 6. The zero-order chi connectivity index (χ0) is 38.2. The maximum Gasteiger partial charge on any atom is 0.334 e. The number of hydrogen-bond acceptors (Lipinski definition) is 4. The molecule has 6 aromatic carbocycles. The Morgan fingerprint density at radius 2 is 0.556 bits per heavy atom. The summed E-state index contributed by atoms with van der Waals surface area (Å²) >= 11 is 0. The van der Waals surface area contributed by atoms with Crippen LogP contribution < -0.4 is 29.4 Å². The van der Waals surface area contributed by atoms with E-state index in [2.05, 4.69) is 0 Å². The Bertz CT molecular complexity index is 2020. The van der Waals surface area contributed by atoms with Crippen LogP contribution in [-0.4, -0.2) is 40.3 Å². The smallest absolute Gasteiger partial charge is 0.327 e. The van der Waals surface area contributed by atoms with Crippen molar-refractivity contribution in [3.05, 3.63) is 193 Å². The zero-order valence-corrected chi connectivity index (χ0v) is 31.7. The molecule has 0 aromatic heterocycles. The van der Waals surface area contributed by atoms with E-state index in [0.29, 0.717) is 23.0 Å². The Morgan fingerprint density at radius 3 is 0.815 bits per heavy atom. The molecule has 0 fully saturated rings. The lowest BCUT2D eigenvalue weighted by Gasteiger charge is -2.42. The second kappa shape index (κ2) is 16.7. The quantitative estimate of drug-likeness (QED) is 0.142. The van der Waals surface area contributed by atoms with Gasteiger partial charge in [0, 0.05) is 50.9 Å². The summed E-state index contributed by atoms with van der Waals surface area (Å²) < 4.78 is 0. The molecule has 0 unspecified atom stereocenters. The molecule has 0 aliphatic heterocycles. The first kappa shape index (κ1) is 37.0. The molecule has 272 valence electrons. The van der Waals surface area contributed by atoms with E-state index < -0.39 is 0 Å². The molecule has 54 heavy (non-hydrogen) atoms. The van der Waals surface area contributed by atoms with E-state index in [0.717, 1.165) is 33.9 Å². The van der Waals surface area contributed by atoms with Crippen LogP contribution in [0.5, 0.6) is 0 Å². The van der Waals surface area contributed by atoms with Crippen molar-refractivity contribution in [2.75, 3.05) is 57.6 Å². The third-order valence-corrected chi connectivity index (χ3v) is 9.37. The monoisotopic (exact) mass is 714 g/mol. The largest absolute Gasteiger partial charge is 0.334 e. The number of carbonyl (C=O) groups is 2. The number of urea groups is 2. The van der Waals surface area contributed by atoms with Crippen LogP contribution >= 0.6 is 0 Å². The van der Waals surface area contributed by atoms with Gasteiger partial charge in [0.1, 0.15) is 0 Å². The van der Waals surface area contributed by atoms with Crippen molar-refractivity contribution in [2.45, 2.75) is 13.8 Å². The summed E-state index contributed by atoms with van der Waals surface area (Å²) in [5.74, 6) is 0.888. The minimum atomic E-state index is -0.325. The molecule has 0 spiro atoms. The number of carbonyl (C=O) groups excluding carboxylic acids is 2. The number of aryl methyl sites for hydroxylation is 2. The summed E-state index contributed by atoms with van der Waals surface area (Å²) in [6.45, 7) is 4.04. The van der Waals surface area contributed by atoms with Gasteiger partial charge in [-0.2, -0.15) is 0 Å². The molecule has 0 saturated carbocycles. The first-order valence-corrected chi connectivity index (χ1v) is 17.9. The Kier molecular flexibility index (Phi) is 11.4. The normalized spacial score (nSPS) is 11.2. The van der Waals surface area contributed by atoms with Crippen LogP contribution in [0, 0.1) is 13.8 Å². The SMILES string of the molecule is Cc1ccc(N(C(=O)N(C)c2ccccc2)C(=C(N(C)c2ccccc2)N(C(=O)N(C)c2ccccc2)c2ccc(C)cc2)N(C)c2ccccc2)cc1. The van der Waals surface area contributed by atoms with Gasteiger partial charge in [-0.3, -0.25) is 9.80 Å². The lowest BCUT2D eigenvalue weighted by molar-refractivity contribution is 0.252. The molecular formula is C46H46N6O2. The van der Waals surface area contributed by atoms with E-state index in [9.17, 15) is 0 Å². The van der Waals surface area contributed by atoms with Gasteiger partial charge in [0.05, 0.1) is 11.4 Å². The van der Waals surface area contributed by atoms with Crippen molar-refractivity contribution in [1.29, 1.82) is 0 Å². The van der Waals surface area contributed by atoms with Crippen LogP contribution in [0.3, 0.4) is 0 Å². The topological polar surface area (TPSA) is 53.6 Å². The molecule has 8 nitrogen and oxygen atoms in total. The summed E-state index contributed by atoms with van der Waals surface area (Å²) in [6, 6.07) is 53.9. The van der Waals surface area contributed by atoms with E-state index >= 15 is 9.59 Å². The van der Waals surface area contributed by atoms with Crippen LogP contribution in [0.1, 0.15) is 11.1 Å². The minimum absolute atomic E-state index is 0.325. The van der Waals surface area contributed by atoms with E-state index in [4.69, 9.17) is 0 Å². The van der Waals surface area contributed by atoms with Crippen LogP contribution in [0.2, 0.25) is 0 Å². The lowest BCUT2D eigenvalue weighted by Crippen LogP contribution is -2.52. The number of nitrogens with zero attached hydrogens (tertiary/aromatic N) is 6. The minimum Gasteiger partial charge on any atom is -0.327 e. The third kappa shape index (κ3) is 7.98. The van der Waals surface area contributed by atoms with E-state index in [1.165, 1.54) is 0 Å². The summed E-state index contributed by atoms with van der Waals surface area (Å²) in [7, 11) is 7.40. The highest BCUT2D eigenvalue weighted by molar-refractivity contribution is 6.09. The molecule has 0 saturated heterocycles. The maximum atomic E-state index is 15.4. The number of benzene rings is 6. The van der Waals surface area contributed by atoms with Gasteiger partial charge in [-0.1, -0.05) is 108 Å². The number of amides is 4. The standard InChI is InChI=1S/C46H46N6O2/c1-35-27-31-41(32-28-35)51(45(53)49(5)39-23-15-9-16-24-39)43(47(3)37-19-11-7-12-20-37)44(48(4)38-21-13-8-14-22-38)52(42-33-29-36(2)30-34-42)46(54)50(6)40-25-17-10-18-26-40/h7-34H,1-6H3. The summed E-state index contributed by atoms with van der Waals surface area (Å²) in [6.07, 6.45) is 0. The molecule has 4 amide bonds. The summed E-state index contributed by atoms with van der Waals surface area (Å²) in [5.41, 5.74) is 6.40. The first-order chi connectivity index (χ1) is 26.2. The van der Waals surface area contributed by atoms with Crippen molar-refractivity contribution >= 4 is 46.2 Å². The van der Waals surface area contributed by atoms with Gasteiger partial charge in [0.15, 0.2) is 11.6 Å². The van der Waals surface area contributed by atoms with Crippen LogP contribution in [0.25, 0.3) is 0 Å². The van der Waals surface area contributed by atoms with Crippen molar-refractivity contribution in [3.8, 4) is 0 Å². The zero-order valence-electron chi connectivity index (χ0n) is 31.7. The van der Waals surface area contributed by atoms with Crippen LogP contribution in [0.15, 0.2) is 182 Å². The molecule has 0 atom stereocenters. The fourth-order valence-corrected chi connectivity index (χ4v) is 6.21. The molecule has 0 N–H and O–H groups in total. The highest BCUT2D eigenvalue weighted by Gasteiger charge is 2.37. The fourth-order valence-electron chi connectivity index (χ4n) is 6.21. The van der Waals surface area contributed by atoms with Crippen LogP contribution in [-0.2, 0) is 0 Å². The van der Waals surface area contributed by atoms with E-state index in [1.807, 2.05) is 208 Å². The Balaban J connectivity index is 1.75. The number of para-hydroxylation sites is 4. The first-order valence-electron chi connectivity index (χ1n) is 17.9. The molecule has 0 heterocycles. The summed E-state index contributed by atoms with van der Waals surface area (Å²) in [5, 5.41) is 0. The second-order valence-corrected chi connectivity index (χ2v) is 13.1. The number of rotatable bonds is 10. The molecular weight excluding hydrogens is 669 g/mol. The van der Waals surface area contributed by atoms with Gasteiger partial charge >= 0.3 is 12.1 Å². The molecule has 0 bridgehead atoms. The molecule has 6 rings (SSSR count). The van der Waals surface area contributed by atoms with E-state index in [-0.39, 0.29) is 12.1 Å². The number of hydrogen-bond donors (Lipinski definition) is 0. The maximum absolute atomic E-state index is 15.4. The van der Waals surface area contributed by atoms with Crippen molar-refractivity contribution < 1.29 is 9.59 Å². The van der Waals surface area contributed by atoms with Gasteiger partial charge in [-0.05, 0) is 86.6 Å². The van der Waals surface area contributed by atoms with E-state index in [1.54, 1.807) is 33.7 Å². The Hall–Kier alpha value is -6.80. The van der Waals surface area contributed by atoms with Gasteiger partial charge in [-0.15, -0.1) is 0 Å². The van der Waals surface area contributed by atoms with Crippen molar-refractivity contribution in [3.63, 3.8) is 0 Å². The lowest BCUT2D eigenvalue weighted by atomic mass is 10.2. The molecule has 6 aromatic rings. The average Bonchev–Trinajstić information content (AvgIpc) is 3.23. The van der Waals surface area contributed by atoms with Crippen molar-refractivity contribution in [1.82, 2.24) is 0 Å². The highest BCUT2D eigenvalue weighted by Crippen LogP contribution is 2.36. The van der Waals surface area contributed by atoms with Crippen molar-refractivity contribution in [2.24, 2.45) is 0 Å². The Morgan fingerprint density at radius 1 is 0.315 bits per heavy atom. The van der Waals surface area contributed by atoms with Crippen LogP contribution in [0.4, 0.5) is 43.7 Å². The predicted octanol–water partition coefficient (Wildman–Crippen LogP) is 10.5. The Labute approximate surface area is 319 Å². The molecule has 0 radical (unpaired) electrons. The highest BCUT2D eigenvalue weighted by atomic mass is 16.2. The second-order valence-electron chi connectivity index (χ2n) is 13.1. The molecule has 0 aliphatic carbocycles.